The third-order valence-electron chi connectivity index (χ3n) is 9.33. The molecule has 0 aliphatic carbocycles. The second-order valence-corrected chi connectivity index (χ2v) is 20.8. The van der Waals surface area contributed by atoms with Gasteiger partial charge in [0.1, 0.15) is 5.58 Å². The van der Waals surface area contributed by atoms with Crippen molar-refractivity contribution in [2.75, 3.05) is 0 Å². The molecule has 3 aromatic heterocycles. The quantitative estimate of drug-likeness (QED) is 0.123. The average Bonchev–Trinajstić information content (AvgIpc) is 3.59. The number of aromatic nitrogens is 2. The van der Waals surface area contributed by atoms with Gasteiger partial charge in [-0.05, 0) is 63.5 Å². The second-order valence-electron chi connectivity index (χ2n) is 15.7. The predicted molar refractivity (Wildman–Crippen MR) is 232 cm³/mol. The van der Waals surface area contributed by atoms with Crippen LogP contribution in [0.4, 0.5) is 0 Å². The summed E-state index contributed by atoms with van der Waals surface area (Å²) in [6.07, 6.45) is 1.89. The predicted octanol–water partition coefficient (Wildman–Crippen LogP) is 13.2. The van der Waals surface area contributed by atoms with Crippen molar-refractivity contribution >= 4 is 35.2 Å². The molecule has 0 aliphatic heterocycles. The number of benzene rings is 5. The van der Waals surface area contributed by atoms with Crippen molar-refractivity contribution in [3.05, 3.63) is 169 Å². The van der Waals surface area contributed by atoms with E-state index in [4.69, 9.17) is 11.3 Å². The van der Waals surface area contributed by atoms with Crippen molar-refractivity contribution in [3.8, 4) is 44.8 Å². The summed E-state index contributed by atoms with van der Waals surface area (Å²) in [6.45, 7) is 14.5. The molecule has 0 saturated heterocycles. The van der Waals surface area contributed by atoms with Crippen molar-refractivity contribution in [1.29, 1.82) is 0 Å². The Bertz CT molecular complexity index is 2750. The Morgan fingerprint density at radius 2 is 1.49 bits per heavy atom. The first-order valence-electron chi connectivity index (χ1n) is 20.7. The molecule has 5 heteroatoms. The maximum Gasteiger partial charge on any atom is 0.120 e. The summed E-state index contributed by atoms with van der Waals surface area (Å²) in [5.41, 5.74) is 9.40. The monoisotopic (exact) mass is 918 g/mol. The Morgan fingerprint density at radius 3 is 2.18 bits per heavy atom. The molecule has 3 nitrogen and oxygen atoms in total. The third kappa shape index (κ3) is 9.08. The molecule has 8 rings (SSSR count). The summed E-state index contributed by atoms with van der Waals surface area (Å²) in [5.74, 6) is 0. The van der Waals surface area contributed by atoms with Gasteiger partial charge in [-0.15, -0.1) is 29.8 Å². The van der Waals surface area contributed by atoms with Gasteiger partial charge in [-0.25, -0.2) is 0 Å². The molecule has 8 aromatic rings. The molecule has 279 valence electrons. The molecule has 0 unspecified atom stereocenters. The topological polar surface area (TPSA) is 38.9 Å². The molecule has 55 heavy (non-hydrogen) atoms. The number of para-hydroxylation sites is 1. The van der Waals surface area contributed by atoms with Gasteiger partial charge in [0.25, 0.3) is 0 Å². The molecule has 0 fully saturated rings. The fourth-order valence-corrected chi connectivity index (χ4v) is 7.76. The Kier molecular flexibility index (Phi) is 9.89. The van der Waals surface area contributed by atoms with Crippen LogP contribution in [0.5, 0.6) is 0 Å². The summed E-state index contributed by atoms with van der Waals surface area (Å²) in [4.78, 5) is 9.12. The average molecular weight is 918 g/mol. The molecule has 1 radical (unpaired) electrons. The maximum absolute atomic E-state index is 8.43. The third-order valence-corrected chi connectivity index (χ3v) is 11.4. The molecule has 0 saturated carbocycles. The van der Waals surface area contributed by atoms with Gasteiger partial charge in [0.2, 0.25) is 0 Å². The van der Waals surface area contributed by atoms with Gasteiger partial charge in [0.15, 0.2) is 0 Å². The van der Waals surface area contributed by atoms with Gasteiger partial charge in [-0.3, -0.25) is 4.98 Å². The molecule has 0 spiro atoms. The number of hydrogen-bond acceptors (Lipinski definition) is 3. The van der Waals surface area contributed by atoms with Crippen LogP contribution < -0.4 is 5.19 Å². The van der Waals surface area contributed by atoms with Crippen molar-refractivity contribution in [2.24, 2.45) is 5.41 Å². The van der Waals surface area contributed by atoms with E-state index in [1.54, 1.807) is 24.4 Å². The minimum atomic E-state index is -2.27. The van der Waals surface area contributed by atoms with E-state index in [1.165, 1.54) is 10.8 Å². The Morgan fingerprint density at radius 1 is 0.745 bits per heavy atom. The summed E-state index contributed by atoms with van der Waals surface area (Å²) in [6, 6.07) is 45.0. The van der Waals surface area contributed by atoms with Gasteiger partial charge in [-0.2, -0.15) is 18.6 Å². The molecule has 0 N–H and O–H groups in total. The van der Waals surface area contributed by atoms with Crippen LogP contribution in [0.25, 0.3) is 66.7 Å². The Balaban J connectivity index is 0.000000198. The zero-order chi connectivity index (χ0) is 42.3. The van der Waals surface area contributed by atoms with Gasteiger partial charge in [-0.1, -0.05) is 154 Å². The van der Waals surface area contributed by atoms with E-state index in [0.29, 0.717) is 22.4 Å². The summed E-state index contributed by atoms with van der Waals surface area (Å²) >= 11 is 0. The van der Waals surface area contributed by atoms with Crippen LogP contribution in [0.3, 0.4) is 0 Å². The molecule has 3 heterocycles. The number of hydrogen-bond donors (Lipinski definition) is 0. The zero-order valence-corrected chi connectivity index (χ0v) is 35.5. The van der Waals surface area contributed by atoms with Gasteiger partial charge >= 0.3 is 0 Å². The number of aryl methyl sites for hydroxylation is 1. The number of furan rings is 1. The summed E-state index contributed by atoms with van der Waals surface area (Å²) in [5, 5.41) is 3.69. The smallest absolute Gasteiger partial charge is 0.120 e. The van der Waals surface area contributed by atoms with E-state index in [2.05, 4.69) is 91.1 Å². The van der Waals surface area contributed by atoms with Gasteiger partial charge in [0.05, 0.1) is 13.7 Å². The molecular weight excluding hydrogens is 865 g/mol. The SMILES string of the molecule is C[Si](C)(C)c1ccc(-c2ccnc(-c3[c-]ccc4c3oc3ccccc34)c2)cc1.[2H]C([2H])([2H])c1cc([CH2-])c(-c2ccc(C([2H])([2H])C(C)(C)C)cn2)cc1-c1ccccc1.[Ir]. The van der Waals surface area contributed by atoms with Crippen molar-refractivity contribution in [2.45, 2.75) is 53.6 Å². The standard InChI is InChI=1S/C26H22NOSi.C24H26N.Ir/c1-29(2,3)20-13-11-18(12-14-20)19-15-16-27-24(17-19)23-9-6-8-22-21-7-4-5-10-25(21)28-26(22)23;1-17-13-18(2)22(14-21(17)20-9-7-6-8-10-20)23-12-11-19(16-25-23)15-24(3,4)5;/h4-8,10-17H,1-3H3;6-14,16H,2,15H2,1,3-5H3;/q2*-1;/i;1D3,15D2;. The largest absolute Gasteiger partial charge is 0.501 e. The fourth-order valence-electron chi connectivity index (χ4n) is 6.59. The van der Waals surface area contributed by atoms with E-state index < -0.39 is 26.7 Å². The van der Waals surface area contributed by atoms with Crippen LogP contribution in [0.15, 0.2) is 144 Å². The number of rotatable bonds is 6. The summed E-state index contributed by atoms with van der Waals surface area (Å²) < 4.78 is 46.8. The zero-order valence-electron chi connectivity index (χ0n) is 37.1. The van der Waals surface area contributed by atoms with E-state index in [0.717, 1.165) is 49.9 Å². The number of pyridine rings is 2. The maximum atomic E-state index is 8.43. The number of fused-ring (bicyclic) bond motifs is 3. The molecule has 0 bridgehead atoms. The van der Waals surface area contributed by atoms with E-state index >= 15 is 0 Å². The van der Waals surface area contributed by atoms with Crippen LogP contribution in [-0.2, 0) is 26.5 Å². The van der Waals surface area contributed by atoms with Crippen molar-refractivity contribution < 1.29 is 31.4 Å². The van der Waals surface area contributed by atoms with Crippen molar-refractivity contribution in [3.63, 3.8) is 0 Å². The first-order chi connectivity index (χ1) is 27.8. The van der Waals surface area contributed by atoms with E-state index in [-0.39, 0.29) is 25.7 Å². The van der Waals surface area contributed by atoms with Crippen molar-refractivity contribution in [1.82, 2.24) is 9.97 Å². The van der Waals surface area contributed by atoms with Gasteiger partial charge in [0, 0.05) is 50.4 Å². The second kappa shape index (κ2) is 16.3. The minimum absolute atomic E-state index is 0. The minimum Gasteiger partial charge on any atom is -0.501 e. The van der Waals surface area contributed by atoms with E-state index in [9.17, 15) is 0 Å². The molecule has 0 aliphatic rings. The normalized spacial score (nSPS) is 13.4. The summed E-state index contributed by atoms with van der Waals surface area (Å²) in [7, 11) is -1.30. The number of nitrogens with zero attached hydrogens (tertiary/aromatic N) is 2. The molecule has 0 amide bonds. The van der Waals surface area contributed by atoms with Crippen LogP contribution in [-0.4, -0.2) is 18.0 Å². The van der Waals surface area contributed by atoms with Crippen LogP contribution in [0, 0.1) is 25.3 Å². The first-order valence-corrected chi connectivity index (χ1v) is 21.7. The van der Waals surface area contributed by atoms with E-state index in [1.807, 2.05) is 87.6 Å². The molecular formula is C50H48IrN2OSi-2. The van der Waals surface area contributed by atoms with Crippen LogP contribution in [0.2, 0.25) is 19.6 Å². The van der Waals surface area contributed by atoms with Gasteiger partial charge < -0.3 is 9.40 Å². The molecule has 0 atom stereocenters. The molecule has 5 aromatic carbocycles. The first kappa shape index (κ1) is 33.3. The van der Waals surface area contributed by atoms with Crippen LogP contribution in [0.1, 0.15) is 44.3 Å². The Labute approximate surface area is 348 Å². The van der Waals surface area contributed by atoms with Crippen LogP contribution >= 0.6 is 0 Å². The Hall–Kier alpha value is -5.06. The fraction of sp³-hybridized carbons (Fsp3) is 0.180.